The van der Waals surface area contributed by atoms with Gasteiger partial charge < -0.3 is 5.32 Å². The molecule has 1 aliphatic carbocycles. The maximum atomic E-state index is 11.3. The first-order chi connectivity index (χ1) is 5.40. The second-order valence-electron chi connectivity index (χ2n) is 4.64. The maximum absolute atomic E-state index is 11.3. The van der Waals surface area contributed by atoms with Crippen molar-refractivity contribution in [3.05, 3.63) is 0 Å². The van der Waals surface area contributed by atoms with Gasteiger partial charge in [-0.05, 0) is 11.8 Å². The molecule has 1 N–H and O–H groups in total. The van der Waals surface area contributed by atoms with Crippen LogP contribution in [0, 0.1) is 11.3 Å². The van der Waals surface area contributed by atoms with Gasteiger partial charge in [-0.2, -0.15) is 0 Å². The van der Waals surface area contributed by atoms with E-state index in [1.807, 2.05) is 0 Å². The summed E-state index contributed by atoms with van der Waals surface area (Å²) >= 11 is 3.41. The van der Waals surface area contributed by atoms with E-state index < -0.39 is 0 Å². The van der Waals surface area contributed by atoms with E-state index in [0.29, 0.717) is 4.83 Å². The fraction of sp³-hybridized carbons (Fsp3) is 0.889. The SMILES string of the molecule is CC(C)(C)CNC(=O)C1CC1Br. The normalized spacial score (nSPS) is 28.3. The summed E-state index contributed by atoms with van der Waals surface area (Å²) in [6, 6.07) is 0. The molecule has 0 spiro atoms. The highest BCUT2D eigenvalue weighted by atomic mass is 79.9. The van der Waals surface area contributed by atoms with E-state index in [-0.39, 0.29) is 17.2 Å². The lowest BCUT2D eigenvalue weighted by atomic mass is 9.97. The van der Waals surface area contributed by atoms with Crippen LogP contribution in [0.4, 0.5) is 0 Å². The van der Waals surface area contributed by atoms with Gasteiger partial charge in [-0.25, -0.2) is 0 Å². The lowest BCUT2D eigenvalue weighted by Gasteiger charge is -2.18. The van der Waals surface area contributed by atoms with Gasteiger partial charge in [-0.15, -0.1) is 0 Å². The predicted octanol–water partition coefficient (Wildman–Crippen LogP) is 1.93. The van der Waals surface area contributed by atoms with Crippen LogP contribution in [0.3, 0.4) is 0 Å². The minimum absolute atomic E-state index is 0.187. The Bertz CT molecular complexity index is 185. The van der Waals surface area contributed by atoms with Crippen LogP contribution in [0.5, 0.6) is 0 Å². The van der Waals surface area contributed by atoms with Crippen molar-refractivity contribution in [1.29, 1.82) is 0 Å². The highest BCUT2D eigenvalue weighted by Gasteiger charge is 2.40. The summed E-state index contributed by atoms with van der Waals surface area (Å²) < 4.78 is 0. The Kier molecular flexibility index (Phi) is 2.81. The predicted molar refractivity (Wildman–Crippen MR) is 53.3 cm³/mol. The zero-order valence-corrected chi connectivity index (χ0v) is 9.44. The molecular weight excluding hydrogens is 218 g/mol. The first kappa shape index (κ1) is 10.0. The number of nitrogens with one attached hydrogen (secondary N) is 1. The van der Waals surface area contributed by atoms with Gasteiger partial charge in [0, 0.05) is 11.4 Å². The van der Waals surface area contributed by atoms with Crippen LogP contribution in [-0.2, 0) is 4.79 Å². The van der Waals surface area contributed by atoms with Gasteiger partial charge in [-0.3, -0.25) is 4.79 Å². The number of hydrogen-bond donors (Lipinski definition) is 1. The highest BCUT2D eigenvalue weighted by molar-refractivity contribution is 9.09. The third kappa shape index (κ3) is 3.13. The molecular formula is C9H16BrNO. The standard InChI is InChI=1S/C9H16BrNO/c1-9(2,3)5-11-8(12)6-4-7(6)10/h6-7H,4-5H2,1-3H3,(H,11,12). The fourth-order valence-electron chi connectivity index (χ4n) is 0.919. The number of amides is 1. The van der Waals surface area contributed by atoms with E-state index in [0.717, 1.165) is 13.0 Å². The van der Waals surface area contributed by atoms with E-state index in [1.54, 1.807) is 0 Å². The lowest BCUT2D eigenvalue weighted by Crippen LogP contribution is -2.33. The van der Waals surface area contributed by atoms with Crippen LogP contribution in [0.15, 0.2) is 0 Å². The highest BCUT2D eigenvalue weighted by Crippen LogP contribution is 2.37. The monoisotopic (exact) mass is 233 g/mol. The van der Waals surface area contributed by atoms with Gasteiger partial charge in [0.1, 0.15) is 0 Å². The quantitative estimate of drug-likeness (QED) is 0.727. The van der Waals surface area contributed by atoms with Crippen LogP contribution >= 0.6 is 15.9 Å². The molecule has 1 fully saturated rings. The Morgan fingerprint density at radius 2 is 2.08 bits per heavy atom. The summed E-state index contributed by atoms with van der Waals surface area (Å²) in [5.74, 6) is 0.430. The number of hydrogen-bond acceptors (Lipinski definition) is 1. The maximum Gasteiger partial charge on any atom is 0.224 e. The van der Waals surface area contributed by atoms with Gasteiger partial charge >= 0.3 is 0 Å². The molecule has 0 aromatic carbocycles. The summed E-state index contributed by atoms with van der Waals surface area (Å²) in [5, 5.41) is 2.95. The Morgan fingerprint density at radius 3 is 2.42 bits per heavy atom. The average molecular weight is 234 g/mol. The molecule has 70 valence electrons. The zero-order chi connectivity index (χ0) is 9.35. The smallest absolute Gasteiger partial charge is 0.224 e. The van der Waals surface area contributed by atoms with Crippen molar-refractivity contribution in [1.82, 2.24) is 5.32 Å². The van der Waals surface area contributed by atoms with Crippen molar-refractivity contribution < 1.29 is 4.79 Å². The number of halogens is 1. The summed E-state index contributed by atoms with van der Waals surface area (Å²) in [6.07, 6.45) is 0.996. The molecule has 1 rings (SSSR count). The topological polar surface area (TPSA) is 29.1 Å². The number of alkyl halides is 1. The van der Waals surface area contributed by atoms with Gasteiger partial charge in [0.05, 0.1) is 5.92 Å². The average Bonchev–Trinajstić information content (AvgIpc) is 2.60. The van der Waals surface area contributed by atoms with Crippen molar-refractivity contribution in [2.75, 3.05) is 6.54 Å². The number of carbonyl (C=O) groups excluding carboxylic acids is 1. The molecule has 2 atom stereocenters. The van der Waals surface area contributed by atoms with E-state index >= 15 is 0 Å². The van der Waals surface area contributed by atoms with Crippen molar-refractivity contribution in [2.24, 2.45) is 11.3 Å². The molecule has 0 bridgehead atoms. The number of carbonyl (C=O) groups is 1. The molecule has 0 aliphatic heterocycles. The zero-order valence-electron chi connectivity index (χ0n) is 7.86. The Morgan fingerprint density at radius 1 is 1.58 bits per heavy atom. The first-order valence-corrected chi connectivity index (χ1v) is 5.23. The molecule has 3 heteroatoms. The third-order valence-corrected chi connectivity index (χ3v) is 2.85. The van der Waals surface area contributed by atoms with E-state index in [1.165, 1.54) is 0 Å². The van der Waals surface area contributed by atoms with Crippen LogP contribution < -0.4 is 5.32 Å². The number of rotatable bonds is 2. The molecule has 0 aromatic heterocycles. The summed E-state index contributed by atoms with van der Waals surface area (Å²) in [6.45, 7) is 7.12. The van der Waals surface area contributed by atoms with Crippen LogP contribution in [0.25, 0.3) is 0 Å². The minimum Gasteiger partial charge on any atom is -0.355 e. The Labute approximate surface area is 82.2 Å². The summed E-state index contributed by atoms with van der Waals surface area (Å²) in [7, 11) is 0. The van der Waals surface area contributed by atoms with Crippen molar-refractivity contribution >= 4 is 21.8 Å². The fourth-order valence-corrected chi connectivity index (χ4v) is 1.56. The Balaban J connectivity index is 2.20. The molecule has 2 nitrogen and oxygen atoms in total. The molecule has 12 heavy (non-hydrogen) atoms. The molecule has 0 saturated heterocycles. The largest absolute Gasteiger partial charge is 0.355 e. The van der Waals surface area contributed by atoms with E-state index in [2.05, 4.69) is 42.0 Å². The van der Waals surface area contributed by atoms with Crippen LogP contribution in [0.2, 0.25) is 0 Å². The van der Waals surface area contributed by atoms with E-state index in [4.69, 9.17) is 0 Å². The van der Waals surface area contributed by atoms with Crippen LogP contribution in [0.1, 0.15) is 27.2 Å². The molecule has 1 aliphatic rings. The van der Waals surface area contributed by atoms with Gasteiger partial charge in [0.15, 0.2) is 0 Å². The van der Waals surface area contributed by atoms with Crippen LogP contribution in [-0.4, -0.2) is 17.3 Å². The van der Waals surface area contributed by atoms with Gasteiger partial charge in [0.25, 0.3) is 0 Å². The third-order valence-electron chi connectivity index (χ3n) is 1.84. The summed E-state index contributed by atoms with van der Waals surface area (Å²) in [5.41, 5.74) is 0.187. The van der Waals surface area contributed by atoms with Crippen molar-refractivity contribution in [3.63, 3.8) is 0 Å². The second kappa shape index (κ2) is 3.36. The van der Waals surface area contributed by atoms with Crippen molar-refractivity contribution in [3.8, 4) is 0 Å². The molecule has 0 radical (unpaired) electrons. The van der Waals surface area contributed by atoms with Crippen molar-refractivity contribution in [2.45, 2.75) is 32.0 Å². The lowest BCUT2D eigenvalue weighted by molar-refractivity contribution is -0.122. The first-order valence-electron chi connectivity index (χ1n) is 4.32. The molecule has 1 amide bonds. The van der Waals surface area contributed by atoms with E-state index in [9.17, 15) is 4.79 Å². The van der Waals surface area contributed by atoms with Gasteiger partial charge in [-0.1, -0.05) is 36.7 Å². The summed E-state index contributed by atoms with van der Waals surface area (Å²) in [4.78, 5) is 11.7. The second-order valence-corrected chi connectivity index (χ2v) is 5.81. The molecule has 0 heterocycles. The molecule has 2 unspecified atom stereocenters. The molecule has 0 aromatic rings. The molecule has 1 saturated carbocycles. The minimum atomic E-state index is 0.187. The van der Waals surface area contributed by atoms with Gasteiger partial charge in [0.2, 0.25) is 5.91 Å². The Hall–Kier alpha value is -0.0500.